The van der Waals surface area contributed by atoms with Crippen LogP contribution in [0.15, 0.2) is 29.1 Å². The van der Waals surface area contributed by atoms with Crippen LogP contribution in [0.3, 0.4) is 0 Å². The van der Waals surface area contributed by atoms with Crippen molar-refractivity contribution in [3.8, 4) is 0 Å². The Hall–Kier alpha value is -2.74. The van der Waals surface area contributed by atoms with E-state index in [1.165, 1.54) is 62.7 Å². The summed E-state index contributed by atoms with van der Waals surface area (Å²) in [5, 5.41) is 9.61. The summed E-state index contributed by atoms with van der Waals surface area (Å²) in [6, 6.07) is 8.29. The SMILES string of the molecule is O=C(O)C1CCCN1C(=O)c1nc2ccccc2n(C2CC3CCC(C2)N3C2CCCCCCC2)c1=O. The van der Waals surface area contributed by atoms with Crippen LogP contribution >= 0.6 is 0 Å². The summed E-state index contributed by atoms with van der Waals surface area (Å²) in [7, 11) is 0. The highest BCUT2D eigenvalue weighted by molar-refractivity contribution is 5.96. The highest BCUT2D eigenvalue weighted by Gasteiger charge is 2.45. The molecule has 1 aromatic heterocycles. The predicted molar refractivity (Wildman–Crippen MR) is 141 cm³/mol. The second-order valence-electron chi connectivity index (χ2n) is 11.6. The van der Waals surface area contributed by atoms with Crippen molar-refractivity contribution in [2.75, 3.05) is 6.54 Å². The van der Waals surface area contributed by atoms with E-state index >= 15 is 0 Å². The van der Waals surface area contributed by atoms with Crippen molar-refractivity contribution >= 4 is 22.9 Å². The Morgan fingerprint density at radius 3 is 2.19 bits per heavy atom. The van der Waals surface area contributed by atoms with Crippen molar-refractivity contribution in [1.29, 1.82) is 0 Å². The molecule has 4 heterocycles. The van der Waals surface area contributed by atoms with Crippen molar-refractivity contribution in [3.05, 3.63) is 40.3 Å². The number of nitrogens with zero attached hydrogens (tertiary/aromatic N) is 4. The van der Waals surface area contributed by atoms with Crippen molar-refractivity contribution in [2.24, 2.45) is 0 Å². The normalized spacial score (nSPS) is 29.4. The van der Waals surface area contributed by atoms with Gasteiger partial charge in [-0.1, -0.05) is 44.2 Å². The van der Waals surface area contributed by atoms with Crippen LogP contribution in [0.4, 0.5) is 0 Å². The third-order valence-corrected chi connectivity index (χ3v) is 9.42. The molecule has 3 saturated heterocycles. The number of carboxylic acids is 1. The standard InChI is InChI=1S/C29H38N4O4/c34-27(31-16-8-13-25(31)29(36)37)26-28(35)33(24-12-7-6-11-23(24)30-26)22-17-20-14-15-21(18-22)32(20)19-9-4-2-1-3-5-10-19/h6-7,11-12,19-22,25H,1-5,8-10,13-18H2,(H,36,37). The highest BCUT2D eigenvalue weighted by Crippen LogP contribution is 2.44. The first kappa shape index (κ1) is 24.6. The summed E-state index contributed by atoms with van der Waals surface area (Å²) < 4.78 is 1.84. The molecule has 3 unspecified atom stereocenters. The molecule has 3 atom stereocenters. The van der Waals surface area contributed by atoms with Gasteiger partial charge in [0.1, 0.15) is 6.04 Å². The monoisotopic (exact) mass is 506 g/mol. The fourth-order valence-electron chi connectivity index (χ4n) is 7.78. The van der Waals surface area contributed by atoms with Crippen LogP contribution in [0.5, 0.6) is 0 Å². The summed E-state index contributed by atoms with van der Waals surface area (Å²) in [5.74, 6) is -1.57. The fraction of sp³-hybridized carbons (Fsp3) is 0.655. The predicted octanol–water partition coefficient (Wildman–Crippen LogP) is 4.37. The van der Waals surface area contributed by atoms with Gasteiger partial charge in [0.15, 0.2) is 5.69 Å². The van der Waals surface area contributed by atoms with Crippen molar-refractivity contribution in [3.63, 3.8) is 0 Å². The molecule has 4 aliphatic rings. The number of aromatic nitrogens is 2. The minimum absolute atomic E-state index is 0.0168. The molecule has 8 heteroatoms. The number of aliphatic carboxylic acids is 1. The lowest BCUT2D eigenvalue weighted by Crippen LogP contribution is -2.50. The molecule has 3 aliphatic heterocycles. The van der Waals surface area contributed by atoms with E-state index in [-0.39, 0.29) is 17.3 Å². The van der Waals surface area contributed by atoms with Gasteiger partial charge in [-0.3, -0.25) is 14.5 Å². The van der Waals surface area contributed by atoms with E-state index < -0.39 is 17.9 Å². The molecule has 0 spiro atoms. The largest absolute Gasteiger partial charge is 0.480 e. The maximum absolute atomic E-state index is 13.9. The van der Waals surface area contributed by atoms with Gasteiger partial charge >= 0.3 is 5.97 Å². The molecule has 0 radical (unpaired) electrons. The van der Waals surface area contributed by atoms with Crippen LogP contribution in [-0.2, 0) is 4.79 Å². The number of hydrogen-bond acceptors (Lipinski definition) is 5. The van der Waals surface area contributed by atoms with E-state index in [4.69, 9.17) is 0 Å². The van der Waals surface area contributed by atoms with Crippen LogP contribution in [0.1, 0.15) is 100 Å². The number of para-hydroxylation sites is 2. The number of carbonyl (C=O) groups is 2. The number of hydrogen-bond donors (Lipinski definition) is 1. The number of rotatable bonds is 4. The summed E-state index contributed by atoms with van der Waals surface area (Å²) in [6.07, 6.45) is 14.5. The van der Waals surface area contributed by atoms with Gasteiger partial charge in [-0.05, 0) is 63.5 Å². The molecule has 2 aromatic rings. The maximum atomic E-state index is 13.9. The first-order valence-electron chi connectivity index (χ1n) is 14.4. The van der Waals surface area contributed by atoms with Gasteiger partial charge in [0.05, 0.1) is 11.0 Å². The van der Waals surface area contributed by atoms with E-state index in [1.807, 2.05) is 28.8 Å². The third-order valence-electron chi connectivity index (χ3n) is 9.42. The first-order valence-corrected chi connectivity index (χ1v) is 14.4. The number of benzene rings is 1. The fourth-order valence-corrected chi connectivity index (χ4v) is 7.78. The molecule has 37 heavy (non-hydrogen) atoms. The number of piperidine rings is 1. The van der Waals surface area contributed by atoms with Crippen LogP contribution < -0.4 is 5.56 Å². The Labute approximate surface area is 217 Å². The van der Waals surface area contributed by atoms with Gasteiger partial charge in [-0.15, -0.1) is 0 Å². The Morgan fingerprint density at radius 1 is 0.811 bits per heavy atom. The van der Waals surface area contributed by atoms with E-state index in [0.717, 1.165) is 18.4 Å². The number of carboxylic acid groups (broad SMARTS) is 1. The number of carbonyl (C=O) groups excluding carboxylic acids is 1. The minimum Gasteiger partial charge on any atom is -0.480 e. The lowest BCUT2D eigenvalue weighted by Gasteiger charge is -2.45. The molecule has 1 aromatic carbocycles. The average Bonchev–Trinajstić information content (AvgIpc) is 3.46. The van der Waals surface area contributed by atoms with E-state index in [1.54, 1.807) is 0 Å². The number of likely N-dealkylation sites (tertiary alicyclic amines) is 1. The Balaban J connectivity index is 1.34. The molecule has 6 rings (SSSR count). The van der Waals surface area contributed by atoms with Gasteiger partial charge in [0, 0.05) is 30.7 Å². The minimum atomic E-state index is -1.02. The zero-order chi connectivity index (χ0) is 25.5. The molecule has 8 nitrogen and oxygen atoms in total. The summed E-state index contributed by atoms with van der Waals surface area (Å²) in [5.41, 5.74) is 0.876. The summed E-state index contributed by atoms with van der Waals surface area (Å²) in [4.78, 5) is 47.8. The molecular weight excluding hydrogens is 468 g/mol. The molecule has 2 bridgehead atoms. The molecule has 1 saturated carbocycles. The zero-order valence-electron chi connectivity index (χ0n) is 21.6. The van der Waals surface area contributed by atoms with E-state index in [0.29, 0.717) is 43.0 Å². The van der Waals surface area contributed by atoms with Crippen molar-refractivity contribution in [2.45, 2.75) is 114 Å². The summed E-state index contributed by atoms with van der Waals surface area (Å²) in [6.45, 7) is 0.341. The molecule has 1 amide bonds. The highest BCUT2D eigenvalue weighted by atomic mass is 16.4. The van der Waals surface area contributed by atoms with E-state index in [2.05, 4.69) is 9.88 Å². The molecule has 198 valence electrons. The van der Waals surface area contributed by atoms with Gasteiger partial charge in [0.2, 0.25) is 0 Å². The Morgan fingerprint density at radius 2 is 1.49 bits per heavy atom. The van der Waals surface area contributed by atoms with Gasteiger partial charge < -0.3 is 14.6 Å². The van der Waals surface area contributed by atoms with E-state index in [9.17, 15) is 19.5 Å². The topological polar surface area (TPSA) is 95.7 Å². The second kappa shape index (κ2) is 10.2. The third kappa shape index (κ3) is 4.47. The van der Waals surface area contributed by atoms with Crippen LogP contribution in [0.25, 0.3) is 11.0 Å². The molecule has 4 fully saturated rings. The second-order valence-corrected chi connectivity index (χ2v) is 11.6. The smallest absolute Gasteiger partial charge is 0.326 e. The van der Waals surface area contributed by atoms with Crippen LogP contribution in [0, 0.1) is 0 Å². The summed E-state index contributed by atoms with van der Waals surface area (Å²) >= 11 is 0. The lowest BCUT2D eigenvalue weighted by molar-refractivity contribution is -0.141. The molecule has 1 aliphatic carbocycles. The quantitative estimate of drug-likeness (QED) is 0.662. The molecular formula is C29H38N4O4. The number of fused-ring (bicyclic) bond motifs is 3. The maximum Gasteiger partial charge on any atom is 0.326 e. The van der Waals surface area contributed by atoms with Gasteiger partial charge in [0.25, 0.3) is 11.5 Å². The van der Waals surface area contributed by atoms with Gasteiger partial charge in [-0.2, -0.15) is 0 Å². The van der Waals surface area contributed by atoms with Crippen molar-refractivity contribution in [1.82, 2.24) is 19.4 Å². The van der Waals surface area contributed by atoms with Crippen LogP contribution in [0.2, 0.25) is 0 Å². The van der Waals surface area contributed by atoms with Crippen molar-refractivity contribution < 1.29 is 14.7 Å². The first-order chi connectivity index (χ1) is 18.0. The zero-order valence-corrected chi connectivity index (χ0v) is 21.6. The van der Waals surface area contributed by atoms with Gasteiger partial charge in [-0.25, -0.2) is 9.78 Å². The Bertz CT molecular complexity index is 1220. The number of amides is 1. The molecule has 1 N–H and O–H groups in total. The Kier molecular flexibility index (Phi) is 6.78. The van der Waals surface area contributed by atoms with Crippen LogP contribution in [-0.4, -0.2) is 67.0 Å². The average molecular weight is 507 g/mol. The lowest BCUT2D eigenvalue weighted by atomic mass is 9.89.